The lowest BCUT2D eigenvalue weighted by atomic mass is 9.67. The van der Waals surface area contributed by atoms with Crippen LogP contribution >= 0.6 is 33.9 Å². The van der Waals surface area contributed by atoms with Crippen molar-refractivity contribution in [3.8, 4) is 0 Å². The van der Waals surface area contributed by atoms with Gasteiger partial charge >= 0.3 is 0 Å². The molecule has 0 radical (unpaired) electrons. The summed E-state index contributed by atoms with van der Waals surface area (Å²) in [7, 11) is 0. The van der Waals surface area contributed by atoms with E-state index >= 15 is 0 Å². The van der Waals surface area contributed by atoms with Crippen LogP contribution in [-0.2, 0) is 0 Å². The smallest absolute Gasteiger partial charge is 0.252 e. The Morgan fingerprint density at radius 1 is 1.37 bits per heavy atom. The molecule has 104 valence electrons. The second-order valence-electron chi connectivity index (χ2n) is 5.82. The van der Waals surface area contributed by atoms with Gasteiger partial charge in [-0.3, -0.25) is 4.79 Å². The molecule has 1 aromatic heterocycles. The minimum absolute atomic E-state index is 0.0940. The first-order valence-corrected chi connectivity index (χ1v) is 8.90. The fourth-order valence-electron chi connectivity index (χ4n) is 3.69. The van der Waals surface area contributed by atoms with Gasteiger partial charge in [0.05, 0.1) is 8.45 Å². The topological polar surface area (TPSA) is 55.1 Å². The van der Waals surface area contributed by atoms with E-state index in [4.69, 9.17) is 5.73 Å². The minimum Gasteiger partial charge on any atom is -0.349 e. The summed E-state index contributed by atoms with van der Waals surface area (Å²) in [5, 5.41) is 5.23. The van der Waals surface area contributed by atoms with E-state index in [2.05, 4.69) is 27.9 Å². The lowest BCUT2D eigenvalue weighted by molar-refractivity contribution is 0.0756. The van der Waals surface area contributed by atoms with Crippen LogP contribution in [0.15, 0.2) is 11.4 Å². The summed E-state index contributed by atoms with van der Waals surface area (Å²) in [6.45, 7) is 0. The Bertz CT molecular complexity index is 462. The van der Waals surface area contributed by atoms with E-state index < -0.39 is 0 Å². The molecule has 1 amide bonds. The molecule has 3 N–H and O–H groups in total. The molecule has 19 heavy (non-hydrogen) atoms. The first kappa shape index (κ1) is 13.8. The standard InChI is InChI=1S/C14H19IN2OS/c15-12-6-10(7-19-12)14(18)17-13-8-2-1-3-9(13)5-11(16)4-8/h6-9,11,13H,1-5,16H2,(H,17,18). The van der Waals surface area contributed by atoms with Crippen molar-refractivity contribution in [1.29, 1.82) is 0 Å². The molecule has 5 heteroatoms. The van der Waals surface area contributed by atoms with Gasteiger partial charge in [0.2, 0.25) is 0 Å². The Morgan fingerprint density at radius 2 is 2.05 bits per heavy atom. The van der Waals surface area contributed by atoms with Crippen molar-refractivity contribution in [1.82, 2.24) is 5.32 Å². The monoisotopic (exact) mass is 390 g/mol. The Balaban J connectivity index is 1.70. The third kappa shape index (κ3) is 2.97. The molecule has 1 heterocycles. The third-order valence-corrected chi connectivity index (χ3v) is 6.29. The third-order valence-electron chi connectivity index (χ3n) is 4.50. The Labute approximate surface area is 131 Å². The fraction of sp³-hybridized carbons (Fsp3) is 0.643. The number of hydrogen-bond donors (Lipinski definition) is 2. The largest absolute Gasteiger partial charge is 0.349 e. The molecule has 0 aromatic carbocycles. The van der Waals surface area contributed by atoms with Crippen molar-refractivity contribution < 1.29 is 4.79 Å². The number of hydrogen-bond acceptors (Lipinski definition) is 3. The van der Waals surface area contributed by atoms with Crippen molar-refractivity contribution in [2.24, 2.45) is 17.6 Å². The molecule has 0 aliphatic heterocycles. The van der Waals surface area contributed by atoms with Crippen LogP contribution in [0.5, 0.6) is 0 Å². The van der Waals surface area contributed by atoms with Crippen molar-refractivity contribution >= 4 is 39.8 Å². The molecule has 1 aromatic rings. The summed E-state index contributed by atoms with van der Waals surface area (Å²) in [5.41, 5.74) is 6.93. The quantitative estimate of drug-likeness (QED) is 0.763. The zero-order chi connectivity index (χ0) is 13.4. The molecular formula is C14H19IN2OS. The molecule has 2 fully saturated rings. The number of halogens is 1. The van der Waals surface area contributed by atoms with Crippen molar-refractivity contribution in [3.05, 3.63) is 19.9 Å². The zero-order valence-corrected chi connectivity index (χ0v) is 13.7. The molecular weight excluding hydrogens is 371 g/mol. The number of nitrogens with two attached hydrogens (primary N) is 1. The predicted octanol–water partition coefficient (Wildman–Crippen LogP) is 2.99. The molecule has 3 nitrogen and oxygen atoms in total. The highest BCUT2D eigenvalue weighted by molar-refractivity contribution is 14.1. The average molecular weight is 390 g/mol. The van der Waals surface area contributed by atoms with Gasteiger partial charge in [-0.2, -0.15) is 0 Å². The maximum atomic E-state index is 12.3. The van der Waals surface area contributed by atoms with Crippen LogP contribution < -0.4 is 11.1 Å². The zero-order valence-electron chi connectivity index (χ0n) is 10.8. The molecule has 3 rings (SSSR count). The number of rotatable bonds is 2. The molecule has 2 unspecified atom stereocenters. The van der Waals surface area contributed by atoms with E-state index in [1.165, 1.54) is 19.3 Å². The van der Waals surface area contributed by atoms with Gasteiger partial charge in [0.1, 0.15) is 0 Å². The maximum absolute atomic E-state index is 12.3. The first-order chi connectivity index (χ1) is 9.13. The highest BCUT2D eigenvalue weighted by atomic mass is 127. The van der Waals surface area contributed by atoms with E-state index in [9.17, 15) is 4.79 Å². The number of fused-ring (bicyclic) bond motifs is 2. The van der Waals surface area contributed by atoms with Crippen LogP contribution in [0.3, 0.4) is 0 Å². The van der Waals surface area contributed by atoms with Gasteiger partial charge in [-0.15, -0.1) is 11.3 Å². The molecule has 2 aliphatic carbocycles. The van der Waals surface area contributed by atoms with Gasteiger partial charge < -0.3 is 11.1 Å². The molecule has 2 atom stereocenters. The van der Waals surface area contributed by atoms with E-state index in [-0.39, 0.29) is 5.91 Å². The van der Waals surface area contributed by atoms with Crippen LogP contribution in [0.2, 0.25) is 0 Å². The van der Waals surface area contributed by atoms with E-state index in [1.54, 1.807) is 11.3 Å². The lowest BCUT2D eigenvalue weighted by Crippen LogP contribution is -2.53. The number of carbonyl (C=O) groups is 1. The summed E-state index contributed by atoms with van der Waals surface area (Å²) in [6, 6.07) is 2.65. The van der Waals surface area contributed by atoms with Crippen molar-refractivity contribution in [2.75, 3.05) is 0 Å². The van der Waals surface area contributed by atoms with E-state index in [0.717, 1.165) is 21.3 Å². The van der Waals surface area contributed by atoms with Gasteiger partial charge in [-0.25, -0.2) is 0 Å². The maximum Gasteiger partial charge on any atom is 0.252 e. The summed E-state index contributed by atoms with van der Waals surface area (Å²) in [6.07, 6.45) is 5.88. The normalized spacial score (nSPS) is 34.0. The Kier molecular flexibility index (Phi) is 4.14. The Morgan fingerprint density at radius 3 is 2.63 bits per heavy atom. The lowest BCUT2D eigenvalue weighted by Gasteiger charge is -2.45. The number of nitrogens with one attached hydrogen (secondary N) is 1. The second-order valence-corrected chi connectivity index (χ2v) is 8.63. The molecule has 2 saturated carbocycles. The number of carbonyl (C=O) groups excluding carboxylic acids is 1. The highest BCUT2D eigenvalue weighted by Crippen LogP contribution is 2.39. The average Bonchev–Trinajstić information content (AvgIpc) is 2.77. The fourth-order valence-corrected chi connectivity index (χ4v) is 5.02. The van der Waals surface area contributed by atoms with Gasteiger partial charge in [-0.05, 0) is 66.2 Å². The summed E-state index contributed by atoms with van der Waals surface area (Å²) in [5.74, 6) is 1.27. The van der Waals surface area contributed by atoms with E-state index in [1.807, 2.05) is 11.4 Å². The number of amides is 1. The van der Waals surface area contributed by atoms with E-state index in [0.29, 0.717) is 23.9 Å². The molecule has 0 spiro atoms. The SMILES string of the molecule is NC1CC2CCCC(C1)C2NC(=O)c1csc(I)c1. The minimum atomic E-state index is 0.0940. The van der Waals surface area contributed by atoms with Crippen molar-refractivity contribution in [3.63, 3.8) is 0 Å². The van der Waals surface area contributed by atoms with Gasteiger partial charge in [-0.1, -0.05) is 6.42 Å². The van der Waals surface area contributed by atoms with Crippen molar-refractivity contribution in [2.45, 2.75) is 44.2 Å². The molecule has 0 saturated heterocycles. The van der Waals surface area contributed by atoms with Gasteiger partial charge in [0.15, 0.2) is 0 Å². The highest BCUT2D eigenvalue weighted by Gasteiger charge is 2.39. The van der Waals surface area contributed by atoms with Crippen LogP contribution in [0.1, 0.15) is 42.5 Å². The second kappa shape index (κ2) is 5.69. The number of thiophene rings is 1. The van der Waals surface area contributed by atoms with Crippen LogP contribution in [-0.4, -0.2) is 18.0 Å². The van der Waals surface area contributed by atoms with Crippen LogP contribution in [0, 0.1) is 14.7 Å². The Hall–Kier alpha value is -0.140. The molecule has 2 bridgehead atoms. The van der Waals surface area contributed by atoms with Crippen LogP contribution in [0.4, 0.5) is 0 Å². The predicted molar refractivity (Wildman–Crippen MR) is 86.3 cm³/mol. The summed E-state index contributed by atoms with van der Waals surface area (Å²) in [4.78, 5) is 12.3. The first-order valence-electron chi connectivity index (χ1n) is 6.94. The summed E-state index contributed by atoms with van der Waals surface area (Å²) >= 11 is 3.88. The van der Waals surface area contributed by atoms with Crippen LogP contribution in [0.25, 0.3) is 0 Å². The van der Waals surface area contributed by atoms with Gasteiger partial charge in [0.25, 0.3) is 5.91 Å². The van der Waals surface area contributed by atoms with Gasteiger partial charge in [0, 0.05) is 17.5 Å². The summed E-state index contributed by atoms with van der Waals surface area (Å²) < 4.78 is 1.16. The molecule has 2 aliphatic rings.